The quantitative estimate of drug-likeness (QED) is 0.128. The van der Waals surface area contributed by atoms with E-state index in [1.54, 1.807) is 6.92 Å². The minimum Gasteiger partial charge on any atom is -0.469 e. The largest absolute Gasteiger partial charge is 0.469 e. The monoisotopic (exact) mass is 413 g/mol. The van der Waals surface area contributed by atoms with E-state index in [9.17, 15) is 9.59 Å². The smallest absolute Gasteiger partial charge is 0.308 e. The summed E-state index contributed by atoms with van der Waals surface area (Å²) in [5.74, 6) is -0.141. The summed E-state index contributed by atoms with van der Waals surface area (Å²) in [5.41, 5.74) is 8.67. The van der Waals surface area contributed by atoms with Crippen LogP contribution in [0.5, 0.6) is 0 Å². The van der Waals surface area contributed by atoms with E-state index in [-0.39, 0.29) is 34.7 Å². The van der Waals surface area contributed by atoms with Gasteiger partial charge in [0.1, 0.15) is 5.78 Å². The molecule has 0 aliphatic carbocycles. The van der Waals surface area contributed by atoms with Crippen molar-refractivity contribution in [2.45, 2.75) is 91.0 Å². The van der Waals surface area contributed by atoms with Crippen molar-refractivity contribution in [1.29, 1.82) is 0 Å². The third kappa shape index (κ3) is 10.2. The lowest BCUT2D eigenvalue weighted by molar-refractivity contribution is -0.145. The topological polar surface area (TPSA) is 101 Å². The minimum absolute atomic E-state index is 0.0829. The second-order valence-corrected chi connectivity index (χ2v) is 14.1. The second kappa shape index (κ2) is 12.2. The first-order valence-electron chi connectivity index (χ1n) is 10.1. The van der Waals surface area contributed by atoms with Crippen molar-refractivity contribution in [3.05, 3.63) is 10.4 Å². The number of hydrogen-bond donors (Lipinski definition) is 0. The van der Waals surface area contributed by atoms with Gasteiger partial charge in [0.05, 0.1) is 25.7 Å². The molecule has 0 aliphatic rings. The molecule has 8 heteroatoms. The lowest BCUT2D eigenvalue weighted by Gasteiger charge is -2.39. The van der Waals surface area contributed by atoms with Gasteiger partial charge in [-0.25, -0.2) is 0 Å². The van der Waals surface area contributed by atoms with E-state index in [0.717, 1.165) is 12.8 Å². The van der Waals surface area contributed by atoms with Crippen LogP contribution in [0.1, 0.15) is 66.7 Å². The van der Waals surface area contributed by atoms with Crippen LogP contribution >= 0.6 is 0 Å². The Morgan fingerprint density at radius 3 is 2.25 bits per heavy atom. The van der Waals surface area contributed by atoms with Crippen LogP contribution in [0.2, 0.25) is 18.1 Å². The fourth-order valence-corrected chi connectivity index (χ4v) is 4.05. The first kappa shape index (κ1) is 26.6. The van der Waals surface area contributed by atoms with Gasteiger partial charge >= 0.3 is 5.97 Å². The van der Waals surface area contributed by atoms with Crippen LogP contribution in [-0.4, -0.2) is 39.8 Å². The van der Waals surface area contributed by atoms with Gasteiger partial charge in [-0.3, -0.25) is 9.59 Å². The van der Waals surface area contributed by atoms with Gasteiger partial charge in [0, 0.05) is 17.8 Å². The van der Waals surface area contributed by atoms with Crippen molar-refractivity contribution in [3.8, 4) is 0 Å². The van der Waals surface area contributed by atoms with Gasteiger partial charge in [0.15, 0.2) is 8.32 Å². The molecule has 0 aromatic rings. The Morgan fingerprint density at radius 1 is 1.14 bits per heavy atom. The third-order valence-corrected chi connectivity index (χ3v) is 10.2. The Labute approximate surface area is 171 Å². The Morgan fingerprint density at radius 2 is 1.75 bits per heavy atom. The van der Waals surface area contributed by atoms with Crippen LogP contribution in [0.3, 0.4) is 0 Å². The molecule has 7 nitrogen and oxygen atoms in total. The average Bonchev–Trinajstić information content (AvgIpc) is 2.59. The molecule has 0 fully saturated rings. The second-order valence-electron chi connectivity index (χ2n) is 9.30. The molecule has 0 rings (SSSR count). The molecule has 0 bridgehead atoms. The predicted octanol–water partition coefficient (Wildman–Crippen LogP) is 5.65. The maximum atomic E-state index is 12.2. The van der Waals surface area contributed by atoms with Gasteiger partial charge in [-0.15, -0.1) is 0 Å². The summed E-state index contributed by atoms with van der Waals surface area (Å²) >= 11 is 0. The molecule has 0 spiro atoms. The standard InChI is InChI=1S/C20H39N3O4Si/c1-15(13-17(24)11-10-16(2)19(25)26-6)9-12-18(14-22-23-21)27-28(7,8)20(3,4)5/h15-16,18H,9-14H2,1-8H3/t15-,16?,18+/m0/s1. The highest BCUT2D eigenvalue weighted by molar-refractivity contribution is 6.74. The van der Waals surface area contributed by atoms with Crippen LogP contribution in [0.15, 0.2) is 5.11 Å². The molecule has 0 saturated carbocycles. The lowest BCUT2D eigenvalue weighted by atomic mass is 9.94. The number of nitrogens with zero attached hydrogens (tertiary/aromatic N) is 3. The molecule has 3 atom stereocenters. The number of rotatable bonds is 13. The van der Waals surface area contributed by atoms with Crippen molar-refractivity contribution in [1.82, 2.24) is 0 Å². The number of methoxy groups -OCH3 is 1. The molecule has 28 heavy (non-hydrogen) atoms. The molecule has 0 heterocycles. The third-order valence-electron chi connectivity index (χ3n) is 5.63. The number of azide groups is 1. The number of ketones is 1. The van der Waals surface area contributed by atoms with Crippen molar-refractivity contribution in [2.24, 2.45) is 17.0 Å². The Hall–Kier alpha value is -1.37. The number of ether oxygens (including phenoxy) is 1. The number of hydrogen-bond acceptors (Lipinski definition) is 5. The van der Waals surface area contributed by atoms with Crippen LogP contribution in [-0.2, 0) is 18.8 Å². The van der Waals surface area contributed by atoms with E-state index in [4.69, 9.17) is 14.7 Å². The molecule has 162 valence electrons. The summed E-state index contributed by atoms with van der Waals surface area (Å²) in [4.78, 5) is 26.5. The number of carbonyl (C=O) groups excluding carboxylic acids is 2. The summed E-state index contributed by atoms with van der Waals surface area (Å²) in [6.07, 6.45) is 2.88. The highest BCUT2D eigenvalue weighted by Gasteiger charge is 2.39. The van der Waals surface area contributed by atoms with Gasteiger partial charge in [-0.1, -0.05) is 39.7 Å². The van der Waals surface area contributed by atoms with E-state index >= 15 is 0 Å². The molecule has 0 saturated heterocycles. The normalized spacial score (nSPS) is 15.3. The number of carbonyl (C=O) groups is 2. The highest BCUT2D eigenvalue weighted by atomic mass is 28.4. The summed E-state index contributed by atoms with van der Waals surface area (Å²) in [6, 6.07) is 0. The van der Waals surface area contributed by atoms with E-state index in [0.29, 0.717) is 25.8 Å². The van der Waals surface area contributed by atoms with E-state index in [2.05, 4.69) is 50.8 Å². The molecular weight excluding hydrogens is 374 g/mol. The number of esters is 1. The van der Waals surface area contributed by atoms with Crippen LogP contribution in [0, 0.1) is 11.8 Å². The maximum absolute atomic E-state index is 12.2. The zero-order chi connectivity index (χ0) is 22.0. The molecule has 0 aromatic carbocycles. The molecule has 0 N–H and O–H groups in total. The fourth-order valence-electron chi connectivity index (χ4n) is 2.67. The molecule has 0 aromatic heterocycles. The zero-order valence-electron chi connectivity index (χ0n) is 18.9. The summed E-state index contributed by atoms with van der Waals surface area (Å²) in [6.45, 7) is 15.1. The molecule has 0 radical (unpaired) electrons. The Balaban J connectivity index is 4.58. The van der Waals surface area contributed by atoms with Crippen LogP contribution in [0.4, 0.5) is 0 Å². The molecule has 0 amide bonds. The maximum Gasteiger partial charge on any atom is 0.308 e. The molecule has 1 unspecified atom stereocenters. The molecule has 0 aliphatic heterocycles. The zero-order valence-corrected chi connectivity index (χ0v) is 19.9. The van der Waals surface area contributed by atoms with Gasteiger partial charge in [0.2, 0.25) is 0 Å². The van der Waals surface area contributed by atoms with Gasteiger partial charge in [-0.05, 0) is 48.8 Å². The van der Waals surface area contributed by atoms with Gasteiger partial charge in [0.25, 0.3) is 0 Å². The van der Waals surface area contributed by atoms with E-state index in [1.807, 2.05) is 0 Å². The van der Waals surface area contributed by atoms with E-state index < -0.39 is 8.32 Å². The van der Waals surface area contributed by atoms with Crippen molar-refractivity contribution in [3.63, 3.8) is 0 Å². The van der Waals surface area contributed by atoms with Gasteiger partial charge in [-0.2, -0.15) is 0 Å². The van der Waals surface area contributed by atoms with Crippen LogP contribution in [0.25, 0.3) is 10.4 Å². The average molecular weight is 414 g/mol. The Kier molecular flexibility index (Phi) is 11.6. The Bertz CT molecular complexity index is 554. The minimum atomic E-state index is -1.96. The van der Waals surface area contributed by atoms with Crippen molar-refractivity contribution in [2.75, 3.05) is 13.7 Å². The SMILES string of the molecule is COC(=O)C(C)CCC(=O)C[C@@H](C)CC[C@H](CN=[N+]=[N-])O[Si](C)(C)C(C)(C)C. The first-order chi connectivity index (χ1) is 12.8. The summed E-state index contributed by atoms with van der Waals surface area (Å²) in [5, 5.41) is 3.80. The highest BCUT2D eigenvalue weighted by Crippen LogP contribution is 2.38. The summed E-state index contributed by atoms with van der Waals surface area (Å²) in [7, 11) is -0.593. The van der Waals surface area contributed by atoms with Crippen molar-refractivity contribution < 1.29 is 18.8 Å². The van der Waals surface area contributed by atoms with Crippen molar-refractivity contribution >= 4 is 20.1 Å². The summed E-state index contributed by atoms with van der Waals surface area (Å²) < 4.78 is 11.1. The first-order valence-corrected chi connectivity index (χ1v) is 13.0. The predicted molar refractivity (Wildman–Crippen MR) is 115 cm³/mol. The number of Topliss-reactive ketones (excluding diaryl/α,β-unsaturated/α-hetero) is 1. The van der Waals surface area contributed by atoms with E-state index in [1.165, 1.54) is 7.11 Å². The van der Waals surface area contributed by atoms with Gasteiger partial charge < -0.3 is 9.16 Å². The lowest BCUT2D eigenvalue weighted by Crippen LogP contribution is -2.44. The van der Waals surface area contributed by atoms with Crippen LogP contribution < -0.4 is 0 Å². The fraction of sp³-hybridized carbons (Fsp3) is 0.900. The molecular formula is C20H39N3O4Si.